The summed E-state index contributed by atoms with van der Waals surface area (Å²) in [6.07, 6.45) is 8.50. The Balaban J connectivity index is 1.96. The Morgan fingerprint density at radius 2 is 1.41 bits per heavy atom. The van der Waals surface area contributed by atoms with Crippen LogP contribution in [0, 0.1) is 5.92 Å². The smallest absolute Gasteiger partial charge is 0.0589 e. The zero-order chi connectivity index (χ0) is 12.1. The third-order valence-corrected chi connectivity index (χ3v) is 4.86. The molecule has 100 valence electrons. The van der Waals surface area contributed by atoms with Crippen LogP contribution in [0.4, 0.5) is 0 Å². The Morgan fingerprint density at radius 3 is 1.82 bits per heavy atom. The van der Waals surface area contributed by atoms with Gasteiger partial charge in [-0.2, -0.15) is 0 Å². The lowest BCUT2D eigenvalue weighted by Gasteiger charge is -2.53. The summed E-state index contributed by atoms with van der Waals surface area (Å²) in [6, 6.07) is 0. The molecule has 3 heteroatoms. The summed E-state index contributed by atoms with van der Waals surface area (Å²) in [7, 11) is 3.59. The fourth-order valence-corrected chi connectivity index (χ4v) is 3.69. The molecule has 0 unspecified atom stereocenters. The van der Waals surface area contributed by atoms with Crippen molar-refractivity contribution in [1.82, 2.24) is 4.90 Å². The predicted octanol–water partition coefficient (Wildman–Crippen LogP) is 2.30. The molecule has 0 aliphatic heterocycles. The summed E-state index contributed by atoms with van der Waals surface area (Å²) in [6.45, 7) is 3.80. The minimum Gasteiger partial charge on any atom is -0.383 e. The molecular formula is C14H27NO2. The van der Waals surface area contributed by atoms with Gasteiger partial charge in [-0.05, 0) is 44.4 Å². The standard InChI is InChI=1S/C14H27NO2/c1-16-11-9-15(10-12-17-2)14-6-3-13(4-7-14)5-8-14/h13H,3-12H2,1-2H3. The van der Waals surface area contributed by atoms with Gasteiger partial charge in [0, 0.05) is 32.8 Å². The van der Waals surface area contributed by atoms with Crippen LogP contribution in [0.1, 0.15) is 38.5 Å². The monoisotopic (exact) mass is 241 g/mol. The maximum absolute atomic E-state index is 5.26. The molecule has 2 bridgehead atoms. The topological polar surface area (TPSA) is 21.7 Å². The van der Waals surface area contributed by atoms with Crippen LogP contribution in [0.25, 0.3) is 0 Å². The molecule has 17 heavy (non-hydrogen) atoms. The Bertz CT molecular complexity index is 202. The molecule has 3 aliphatic rings. The number of nitrogens with zero attached hydrogens (tertiary/aromatic N) is 1. The lowest BCUT2D eigenvalue weighted by Crippen LogP contribution is -2.55. The Labute approximate surface area is 105 Å². The fourth-order valence-electron chi connectivity index (χ4n) is 3.69. The van der Waals surface area contributed by atoms with Gasteiger partial charge < -0.3 is 9.47 Å². The summed E-state index contributed by atoms with van der Waals surface area (Å²) in [5, 5.41) is 0. The van der Waals surface area contributed by atoms with Crippen molar-refractivity contribution in [2.24, 2.45) is 5.92 Å². The summed E-state index contributed by atoms with van der Waals surface area (Å²) >= 11 is 0. The van der Waals surface area contributed by atoms with Crippen molar-refractivity contribution in [3.63, 3.8) is 0 Å². The van der Waals surface area contributed by atoms with Gasteiger partial charge in [0.05, 0.1) is 13.2 Å². The molecule has 3 nitrogen and oxygen atoms in total. The van der Waals surface area contributed by atoms with Gasteiger partial charge in [0.1, 0.15) is 0 Å². The second-order valence-electron chi connectivity index (χ2n) is 5.68. The normalized spacial score (nSPS) is 32.3. The van der Waals surface area contributed by atoms with Crippen molar-refractivity contribution >= 4 is 0 Å². The van der Waals surface area contributed by atoms with Crippen LogP contribution < -0.4 is 0 Å². The molecular weight excluding hydrogens is 214 g/mol. The zero-order valence-corrected chi connectivity index (χ0v) is 11.4. The van der Waals surface area contributed by atoms with Crippen LogP contribution in [0.2, 0.25) is 0 Å². The number of ether oxygens (including phenoxy) is 2. The average Bonchev–Trinajstić information content (AvgIpc) is 2.41. The van der Waals surface area contributed by atoms with Gasteiger partial charge in [-0.1, -0.05) is 0 Å². The maximum Gasteiger partial charge on any atom is 0.0589 e. The van der Waals surface area contributed by atoms with E-state index in [1.54, 1.807) is 14.2 Å². The van der Waals surface area contributed by atoms with Crippen molar-refractivity contribution < 1.29 is 9.47 Å². The van der Waals surface area contributed by atoms with Crippen molar-refractivity contribution in [2.75, 3.05) is 40.5 Å². The highest BCUT2D eigenvalue weighted by Gasteiger charge is 2.43. The third-order valence-electron chi connectivity index (χ3n) is 4.86. The summed E-state index contributed by atoms with van der Waals surface area (Å²) in [4.78, 5) is 2.65. The van der Waals surface area contributed by atoms with Crippen molar-refractivity contribution in [3.8, 4) is 0 Å². The molecule has 0 aromatic heterocycles. The van der Waals surface area contributed by atoms with E-state index in [0.29, 0.717) is 5.54 Å². The lowest BCUT2D eigenvalue weighted by molar-refractivity contribution is -0.0332. The SMILES string of the molecule is COCCN(CCOC)C12CCC(CC1)CC2. The molecule has 0 radical (unpaired) electrons. The van der Waals surface area contributed by atoms with Gasteiger partial charge in [0.25, 0.3) is 0 Å². The number of hydrogen-bond acceptors (Lipinski definition) is 3. The average molecular weight is 241 g/mol. The molecule has 0 N–H and O–H groups in total. The molecule has 3 fully saturated rings. The lowest BCUT2D eigenvalue weighted by atomic mass is 9.65. The summed E-state index contributed by atoms with van der Waals surface area (Å²) in [5.74, 6) is 1.03. The third kappa shape index (κ3) is 3.01. The molecule has 3 rings (SSSR count). The molecule has 3 aliphatic carbocycles. The Hall–Kier alpha value is -0.120. The van der Waals surface area contributed by atoms with E-state index in [0.717, 1.165) is 32.2 Å². The Kier molecular flexibility index (Phi) is 4.83. The largest absolute Gasteiger partial charge is 0.383 e. The number of fused-ring (bicyclic) bond motifs is 3. The van der Waals surface area contributed by atoms with Crippen LogP contribution in [0.3, 0.4) is 0 Å². The van der Waals surface area contributed by atoms with Crippen LogP contribution in [-0.2, 0) is 9.47 Å². The summed E-state index contributed by atoms with van der Waals surface area (Å²) in [5.41, 5.74) is 0.478. The van der Waals surface area contributed by atoms with Crippen molar-refractivity contribution in [3.05, 3.63) is 0 Å². The van der Waals surface area contributed by atoms with E-state index >= 15 is 0 Å². The molecule has 0 aromatic carbocycles. The van der Waals surface area contributed by atoms with E-state index in [9.17, 15) is 0 Å². The van der Waals surface area contributed by atoms with E-state index in [1.807, 2.05) is 0 Å². The first-order valence-electron chi connectivity index (χ1n) is 7.04. The highest BCUT2D eigenvalue weighted by molar-refractivity contribution is 4.99. The van der Waals surface area contributed by atoms with Gasteiger partial charge in [-0.25, -0.2) is 0 Å². The van der Waals surface area contributed by atoms with Crippen molar-refractivity contribution in [2.45, 2.75) is 44.1 Å². The van der Waals surface area contributed by atoms with E-state index in [-0.39, 0.29) is 0 Å². The molecule has 0 atom stereocenters. The van der Waals surface area contributed by atoms with E-state index in [4.69, 9.17) is 9.47 Å². The van der Waals surface area contributed by atoms with Gasteiger partial charge in [0.15, 0.2) is 0 Å². The zero-order valence-electron chi connectivity index (χ0n) is 11.4. The highest BCUT2D eigenvalue weighted by Crippen LogP contribution is 2.47. The molecule has 0 saturated heterocycles. The summed E-state index contributed by atoms with van der Waals surface area (Å²) < 4.78 is 10.5. The number of rotatable bonds is 7. The van der Waals surface area contributed by atoms with Crippen LogP contribution >= 0.6 is 0 Å². The quantitative estimate of drug-likeness (QED) is 0.682. The minimum absolute atomic E-state index is 0.478. The van der Waals surface area contributed by atoms with E-state index in [2.05, 4.69) is 4.90 Å². The first-order chi connectivity index (χ1) is 8.30. The van der Waals surface area contributed by atoms with Crippen LogP contribution in [-0.4, -0.2) is 51.0 Å². The molecule has 0 heterocycles. The van der Waals surface area contributed by atoms with Crippen LogP contribution in [0.5, 0.6) is 0 Å². The fraction of sp³-hybridized carbons (Fsp3) is 1.00. The number of methoxy groups -OCH3 is 2. The molecule has 0 spiro atoms. The molecule has 0 aromatic rings. The second kappa shape index (κ2) is 6.17. The highest BCUT2D eigenvalue weighted by atomic mass is 16.5. The first-order valence-corrected chi connectivity index (χ1v) is 7.04. The predicted molar refractivity (Wildman–Crippen MR) is 69.2 cm³/mol. The van der Waals surface area contributed by atoms with Gasteiger partial charge >= 0.3 is 0 Å². The van der Waals surface area contributed by atoms with E-state index in [1.165, 1.54) is 38.5 Å². The first kappa shape index (κ1) is 13.3. The maximum atomic E-state index is 5.26. The molecule has 0 amide bonds. The molecule has 3 saturated carbocycles. The minimum atomic E-state index is 0.478. The van der Waals surface area contributed by atoms with Gasteiger partial charge in [-0.15, -0.1) is 0 Å². The second-order valence-corrected chi connectivity index (χ2v) is 5.68. The Morgan fingerprint density at radius 1 is 0.941 bits per heavy atom. The van der Waals surface area contributed by atoms with Gasteiger partial charge in [0.2, 0.25) is 0 Å². The van der Waals surface area contributed by atoms with E-state index < -0.39 is 0 Å². The van der Waals surface area contributed by atoms with Crippen molar-refractivity contribution in [1.29, 1.82) is 0 Å². The van der Waals surface area contributed by atoms with Gasteiger partial charge in [-0.3, -0.25) is 4.90 Å². The van der Waals surface area contributed by atoms with Crippen LogP contribution in [0.15, 0.2) is 0 Å². The number of hydrogen-bond donors (Lipinski definition) is 0.